The molecule has 20 heavy (non-hydrogen) atoms. The van der Waals surface area contributed by atoms with Crippen LogP contribution in [0, 0.1) is 0 Å². The van der Waals surface area contributed by atoms with Gasteiger partial charge in [0, 0.05) is 32.4 Å². The zero-order valence-electron chi connectivity index (χ0n) is 12.9. The molecule has 2 heterocycles. The summed E-state index contributed by atoms with van der Waals surface area (Å²) in [5, 5.41) is 8.11. The molecule has 0 fully saturated rings. The zero-order valence-corrected chi connectivity index (χ0v) is 12.9. The molecule has 0 saturated heterocycles. The highest BCUT2D eigenvalue weighted by Gasteiger charge is 2.16. The lowest BCUT2D eigenvalue weighted by Crippen LogP contribution is -2.25. The Morgan fingerprint density at radius 2 is 2.10 bits per heavy atom. The van der Waals surface area contributed by atoms with Crippen molar-refractivity contribution in [2.24, 2.45) is 14.1 Å². The van der Waals surface area contributed by atoms with E-state index >= 15 is 0 Å². The lowest BCUT2D eigenvalue weighted by molar-refractivity contribution is 0.503. The molecule has 1 atom stereocenters. The lowest BCUT2D eigenvalue weighted by atomic mass is 10.1. The summed E-state index contributed by atoms with van der Waals surface area (Å²) in [4.78, 5) is 4.49. The molecule has 110 valence electrons. The molecule has 2 rings (SSSR count). The SMILES string of the molecule is CCCNC(Cc1cc(CC)nn1C)c1cn(C)cn1. The maximum absolute atomic E-state index is 4.52. The van der Waals surface area contributed by atoms with Crippen LogP contribution in [0.2, 0.25) is 0 Å². The van der Waals surface area contributed by atoms with Gasteiger partial charge in [0.25, 0.3) is 0 Å². The van der Waals surface area contributed by atoms with E-state index in [2.05, 4.69) is 41.5 Å². The van der Waals surface area contributed by atoms with E-state index in [-0.39, 0.29) is 6.04 Å². The van der Waals surface area contributed by atoms with E-state index in [4.69, 9.17) is 0 Å². The number of hydrogen-bond donors (Lipinski definition) is 1. The maximum atomic E-state index is 4.52. The van der Waals surface area contributed by atoms with E-state index in [9.17, 15) is 0 Å². The van der Waals surface area contributed by atoms with E-state index in [1.807, 2.05) is 29.7 Å². The molecule has 2 aromatic rings. The van der Waals surface area contributed by atoms with Gasteiger partial charge in [-0.2, -0.15) is 5.10 Å². The van der Waals surface area contributed by atoms with Gasteiger partial charge in [-0.05, 0) is 25.5 Å². The molecule has 0 aliphatic carbocycles. The van der Waals surface area contributed by atoms with Gasteiger partial charge in [-0.15, -0.1) is 0 Å². The molecule has 0 radical (unpaired) electrons. The Bertz CT molecular complexity index is 540. The van der Waals surface area contributed by atoms with Crippen molar-refractivity contribution in [1.29, 1.82) is 0 Å². The average Bonchev–Trinajstić information content (AvgIpc) is 3.01. The predicted octanol–water partition coefficient (Wildman–Crippen LogP) is 2.00. The summed E-state index contributed by atoms with van der Waals surface area (Å²) in [5.74, 6) is 0. The number of aryl methyl sites for hydroxylation is 3. The molecular weight excluding hydrogens is 250 g/mol. The molecule has 0 spiro atoms. The first kappa shape index (κ1) is 14.8. The first-order valence-corrected chi connectivity index (χ1v) is 7.37. The fourth-order valence-corrected chi connectivity index (χ4v) is 2.36. The van der Waals surface area contributed by atoms with Crippen LogP contribution in [0.15, 0.2) is 18.6 Å². The van der Waals surface area contributed by atoms with Crippen LogP contribution < -0.4 is 5.32 Å². The third-order valence-electron chi connectivity index (χ3n) is 3.53. The van der Waals surface area contributed by atoms with E-state index in [0.717, 1.165) is 37.2 Å². The molecular formula is C15H25N5. The number of aromatic nitrogens is 4. The highest BCUT2D eigenvalue weighted by atomic mass is 15.3. The average molecular weight is 275 g/mol. The van der Waals surface area contributed by atoms with Gasteiger partial charge in [-0.3, -0.25) is 4.68 Å². The lowest BCUT2D eigenvalue weighted by Gasteiger charge is -2.16. The molecule has 5 nitrogen and oxygen atoms in total. The van der Waals surface area contributed by atoms with Gasteiger partial charge in [0.2, 0.25) is 0 Å². The molecule has 0 aliphatic rings. The molecule has 0 aromatic carbocycles. The summed E-state index contributed by atoms with van der Waals surface area (Å²) in [7, 11) is 4.02. The first-order valence-electron chi connectivity index (χ1n) is 7.37. The minimum atomic E-state index is 0.247. The van der Waals surface area contributed by atoms with Crippen LogP contribution in [0.1, 0.15) is 43.4 Å². The van der Waals surface area contributed by atoms with Crippen LogP contribution in [0.4, 0.5) is 0 Å². The molecule has 0 bridgehead atoms. The van der Waals surface area contributed by atoms with Crippen LogP contribution >= 0.6 is 0 Å². The summed E-state index contributed by atoms with van der Waals surface area (Å²) in [6.07, 6.45) is 6.96. The van der Waals surface area contributed by atoms with Gasteiger partial charge in [-0.1, -0.05) is 13.8 Å². The van der Waals surface area contributed by atoms with E-state index in [1.165, 1.54) is 5.69 Å². The normalized spacial score (nSPS) is 12.8. The molecule has 5 heteroatoms. The van der Waals surface area contributed by atoms with Crippen LogP contribution in [0.5, 0.6) is 0 Å². The third kappa shape index (κ3) is 3.48. The summed E-state index contributed by atoms with van der Waals surface area (Å²) < 4.78 is 3.99. The second-order valence-corrected chi connectivity index (χ2v) is 5.28. The van der Waals surface area contributed by atoms with Crippen molar-refractivity contribution >= 4 is 0 Å². The van der Waals surface area contributed by atoms with Gasteiger partial charge >= 0.3 is 0 Å². The monoisotopic (exact) mass is 275 g/mol. The second kappa shape index (κ2) is 6.70. The molecule has 0 amide bonds. The predicted molar refractivity (Wildman–Crippen MR) is 80.5 cm³/mol. The van der Waals surface area contributed by atoms with E-state index in [1.54, 1.807) is 0 Å². The maximum Gasteiger partial charge on any atom is 0.0947 e. The number of rotatable bonds is 7. The Morgan fingerprint density at radius 1 is 1.30 bits per heavy atom. The molecule has 1 N–H and O–H groups in total. The van der Waals surface area contributed by atoms with Crippen LogP contribution in [-0.2, 0) is 26.9 Å². The Balaban J connectivity index is 2.16. The van der Waals surface area contributed by atoms with Crippen molar-refractivity contribution in [3.05, 3.63) is 35.7 Å². The van der Waals surface area contributed by atoms with Crippen molar-refractivity contribution in [2.75, 3.05) is 6.54 Å². The smallest absolute Gasteiger partial charge is 0.0947 e. The van der Waals surface area contributed by atoms with Crippen LogP contribution in [0.25, 0.3) is 0 Å². The summed E-state index contributed by atoms with van der Waals surface area (Å²) in [6.45, 7) is 5.32. The minimum absolute atomic E-state index is 0.247. The largest absolute Gasteiger partial charge is 0.340 e. The van der Waals surface area contributed by atoms with Gasteiger partial charge in [0.05, 0.1) is 23.8 Å². The molecule has 0 aliphatic heterocycles. The quantitative estimate of drug-likeness (QED) is 0.841. The van der Waals surface area contributed by atoms with Crippen molar-refractivity contribution in [2.45, 2.75) is 39.2 Å². The molecule has 2 aromatic heterocycles. The number of nitrogens with zero attached hydrogens (tertiary/aromatic N) is 4. The van der Waals surface area contributed by atoms with Crippen molar-refractivity contribution in [3.63, 3.8) is 0 Å². The van der Waals surface area contributed by atoms with Gasteiger partial charge in [0.1, 0.15) is 0 Å². The number of hydrogen-bond acceptors (Lipinski definition) is 3. The Morgan fingerprint density at radius 3 is 2.65 bits per heavy atom. The van der Waals surface area contributed by atoms with Gasteiger partial charge < -0.3 is 9.88 Å². The van der Waals surface area contributed by atoms with Crippen molar-refractivity contribution in [1.82, 2.24) is 24.6 Å². The van der Waals surface area contributed by atoms with Crippen molar-refractivity contribution < 1.29 is 0 Å². The summed E-state index contributed by atoms with van der Waals surface area (Å²) >= 11 is 0. The Labute approximate surface area is 121 Å². The van der Waals surface area contributed by atoms with Crippen molar-refractivity contribution in [3.8, 4) is 0 Å². The fourth-order valence-electron chi connectivity index (χ4n) is 2.36. The zero-order chi connectivity index (χ0) is 14.5. The minimum Gasteiger partial charge on any atom is -0.340 e. The van der Waals surface area contributed by atoms with Gasteiger partial charge in [0.15, 0.2) is 0 Å². The highest BCUT2D eigenvalue weighted by Crippen LogP contribution is 2.17. The van der Waals surface area contributed by atoms with E-state index in [0.29, 0.717) is 0 Å². The first-order chi connectivity index (χ1) is 9.63. The fraction of sp³-hybridized carbons (Fsp3) is 0.600. The molecule has 0 saturated carbocycles. The Kier molecular flexibility index (Phi) is 4.95. The Hall–Kier alpha value is -1.62. The van der Waals surface area contributed by atoms with Gasteiger partial charge in [-0.25, -0.2) is 4.98 Å². The molecule has 1 unspecified atom stereocenters. The summed E-state index contributed by atoms with van der Waals surface area (Å²) in [5.41, 5.74) is 3.50. The topological polar surface area (TPSA) is 47.7 Å². The summed E-state index contributed by atoms with van der Waals surface area (Å²) in [6, 6.07) is 2.44. The second-order valence-electron chi connectivity index (χ2n) is 5.28. The third-order valence-corrected chi connectivity index (χ3v) is 3.53. The standard InChI is InChI=1S/C15H25N5/c1-5-7-16-14(15-10-19(3)11-17-15)9-13-8-12(6-2)18-20(13)4/h8,10-11,14,16H,5-7,9H2,1-4H3. The van der Waals surface area contributed by atoms with E-state index < -0.39 is 0 Å². The number of nitrogens with one attached hydrogen (secondary N) is 1. The highest BCUT2D eigenvalue weighted by molar-refractivity contribution is 5.15. The number of imidazole rings is 1. The van der Waals surface area contributed by atoms with Crippen LogP contribution in [-0.4, -0.2) is 25.9 Å². The van der Waals surface area contributed by atoms with Crippen LogP contribution in [0.3, 0.4) is 0 Å².